The first-order valence-electron chi connectivity index (χ1n) is 6.50. The van der Waals surface area contributed by atoms with Gasteiger partial charge in [-0.1, -0.05) is 37.8 Å². The maximum Gasteiger partial charge on any atom is 0.129 e. The van der Waals surface area contributed by atoms with Crippen molar-refractivity contribution in [1.82, 2.24) is 4.98 Å². The second kappa shape index (κ2) is 5.83. The fourth-order valence-corrected chi connectivity index (χ4v) is 2.97. The Bertz CT molecular complexity index is 361. The Morgan fingerprint density at radius 2 is 2.12 bits per heavy atom. The van der Waals surface area contributed by atoms with Crippen LogP contribution in [0.25, 0.3) is 0 Å². The molecule has 0 aliphatic heterocycles. The first kappa shape index (κ1) is 12.8. The number of aliphatic hydroxyl groups excluding tert-OH is 1. The number of pyridine rings is 1. The van der Waals surface area contributed by atoms with Gasteiger partial charge in [0.1, 0.15) is 5.15 Å². The summed E-state index contributed by atoms with van der Waals surface area (Å²) < 4.78 is 0. The Morgan fingerprint density at radius 3 is 2.71 bits per heavy atom. The first-order chi connectivity index (χ1) is 8.20. The van der Waals surface area contributed by atoms with Crippen LogP contribution in [0.15, 0.2) is 18.3 Å². The molecule has 1 heterocycles. The van der Waals surface area contributed by atoms with E-state index in [2.05, 4.69) is 11.9 Å². The number of rotatable bonds is 3. The molecule has 1 unspecified atom stereocenters. The molecule has 94 valence electrons. The van der Waals surface area contributed by atoms with E-state index in [0.717, 1.165) is 24.3 Å². The van der Waals surface area contributed by atoms with E-state index in [0.29, 0.717) is 11.1 Å². The third kappa shape index (κ3) is 3.20. The van der Waals surface area contributed by atoms with Gasteiger partial charge in [0.25, 0.3) is 0 Å². The van der Waals surface area contributed by atoms with E-state index in [1.165, 1.54) is 19.3 Å². The molecule has 0 bridgehead atoms. The van der Waals surface area contributed by atoms with Gasteiger partial charge in [-0.05, 0) is 42.4 Å². The molecule has 2 nitrogen and oxygen atoms in total. The summed E-state index contributed by atoms with van der Waals surface area (Å²) in [5.41, 5.74) is 0.907. The highest BCUT2D eigenvalue weighted by Crippen LogP contribution is 2.37. The molecular weight excluding hydrogens is 234 g/mol. The zero-order valence-electron chi connectivity index (χ0n) is 10.3. The van der Waals surface area contributed by atoms with Crippen LogP contribution in [0.5, 0.6) is 0 Å². The number of nitrogens with zero attached hydrogens (tertiary/aromatic N) is 1. The predicted octanol–water partition coefficient (Wildman–Crippen LogP) is 3.98. The second-order valence-electron chi connectivity index (χ2n) is 5.05. The summed E-state index contributed by atoms with van der Waals surface area (Å²) in [6.45, 7) is 2.25. The molecule has 0 radical (unpaired) electrons. The van der Waals surface area contributed by atoms with E-state index in [-0.39, 0.29) is 6.10 Å². The van der Waals surface area contributed by atoms with E-state index >= 15 is 0 Å². The first-order valence-corrected chi connectivity index (χ1v) is 6.88. The molecule has 2 rings (SSSR count). The van der Waals surface area contributed by atoms with Crippen LogP contribution in [-0.4, -0.2) is 10.1 Å². The molecule has 1 aliphatic carbocycles. The normalized spacial score (nSPS) is 26.8. The van der Waals surface area contributed by atoms with Crippen molar-refractivity contribution in [3.05, 3.63) is 29.0 Å². The van der Waals surface area contributed by atoms with E-state index in [9.17, 15) is 5.11 Å². The van der Waals surface area contributed by atoms with Gasteiger partial charge in [-0.25, -0.2) is 4.98 Å². The van der Waals surface area contributed by atoms with Crippen LogP contribution in [0.4, 0.5) is 0 Å². The van der Waals surface area contributed by atoms with Crippen LogP contribution < -0.4 is 0 Å². The summed E-state index contributed by atoms with van der Waals surface area (Å²) >= 11 is 5.85. The Labute approximate surface area is 108 Å². The van der Waals surface area contributed by atoms with Crippen LogP contribution in [0.2, 0.25) is 5.15 Å². The monoisotopic (exact) mass is 253 g/mol. The standard InChI is InChI=1S/C14H20ClNO/c1-2-10-3-5-11(6-4-10)14(17)12-7-8-16-13(15)9-12/h7-11,14,17H,2-6H2,1H3. The third-order valence-electron chi connectivity index (χ3n) is 4.01. The number of aromatic nitrogens is 1. The third-order valence-corrected chi connectivity index (χ3v) is 4.21. The molecule has 1 aliphatic rings. The molecule has 1 atom stereocenters. The number of halogens is 1. The summed E-state index contributed by atoms with van der Waals surface area (Å²) in [5, 5.41) is 10.8. The van der Waals surface area contributed by atoms with Crippen molar-refractivity contribution in [3.8, 4) is 0 Å². The minimum Gasteiger partial charge on any atom is -0.388 e. The van der Waals surface area contributed by atoms with Crippen molar-refractivity contribution in [2.45, 2.75) is 45.1 Å². The van der Waals surface area contributed by atoms with Crippen molar-refractivity contribution in [3.63, 3.8) is 0 Å². The topological polar surface area (TPSA) is 33.1 Å². The maximum atomic E-state index is 10.3. The Morgan fingerprint density at radius 1 is 1.41 bits per heavy atom. The Kier molecular flexibility index (Phi) is 4.41. The molecule has 0 aromatic carbocycles. The van der Waals surface area contributed by atoms with E-state index in [1.807, 2.05) is 6.07 Å². The fourth-order valence-electron chi connectivity index (χ4n) is 2.79. The van der Waals surface area contributed by atoms with Gasteiger partial charge >= 0.3 is 0 Å². The molecule has 1 saturated carbocycles. The van der Waals surface area contributed by atoms with E-state index < -0.39 is 0 Å². The van der Waals surface area contributed by atoms with Crippen molar-refractivity contribution < 1.29 is 5.11 Å². The summed E-state index contributed by atoms with van der Waals surface area (Å²) in [6.07, 6.45) is 7.30. The largest absolute Gasteiger partial charge is 0.388 e. The highest BCUT2D eigenvalue weighted by atomic mass is 35.5. The van der Waals surface area contributed by atoms with Crippen molar-refractivity contribution in [2.75, 3.05) is 0 Å². The van der Waals surface area contributed by atoms with Gasteiger partial charge in [-0.3, -0.25) is 0 Å². The molecule has 0 spiro atoms. The quantitative estimate of drug-likeness (QED) is 0.827. The minimum atomic E-state index is -0.381. The zero-order valence-corrected chi connectivity index (χ0v) is 11.0. The number of hydrogen-bond donors (Lipinski definition) is 1. The molecule has 1 aromatic heterocycles. The highest BCUT2D eigenvalue weighted by molar-refractivity contribution is 6.29. The molecule has 17 heavy (non-hydrogen) atoms. The SMILES string of the molecule is CCC1CCC(C(O)c2ccnc(Cl)c2)CC1. The zero-order chi connectivity index (χ0) is 12.3. The van der Waals surface area contributed by atoms with Crippen LogP contribution >= 0.6 is 11.6 Å². The molecular formula is C14H20ClNO. The smallest absolute Gasteiger partial charge is 0.129 e. The van der Waals surface area contributed by atoms with Gasteiger partial charge in [-0.2, -0.15) is 0 Å². The second-order valence-corrected chi connectivity index (χ2v) is 5.43. The lowest BCUT2D eigenvalue weighted by Crippen LogP contribution is -2.20. The van der Waals surface area contributed by atoms with Crippen LogP contribution in [0.1, 0.15) is 50.7 Å². The maximum absolute atomic E-state index is 10.3. The Hall–Kier alpha value is -0.600. The molecule has 1 aromatic rings. The average Bonchev–Trinajstić information content (AvgIpc) is 2.38. The molecule has 1 N–H and O–H groups in total. The van der Waals surface area contributed by atoms with Gasteiger partial charge in [-0.15, -0.1) is 0 Å². The number of hydrogen-bond acceptors (Lipinski definition) is 2. The summed E-state index contributed by atoms with van der Waals surface area (Å²) in [7, 11) is 0. The van der Waals surface area contributed by atoms with E-state index in [1.54, 1.807) is 12.3 Å². The van der Waals surface area contributed by atoms with Gasteiger partial charge in [0, 0.05) is 6.20 Å². The van der Waals surface area contributed by atoms with Crippen molar-refractivity contribution in [1.29, 1.82) is 0 Å². The number of aliphatic hydroxyl groups is 1. The minimum absolute atomic E-state index is 0.381. The highest BCUT2D eigenvalue weighted by Gasteiger charge is 2.26. The molecule has 0 saturated heterocycles. The van der Waals surface area contributed by atoms with E-state index in [4.69, 9.17) is 11.6 Å². The Balaban J connectivity index is 1.99. The average molecular weight is 254 g/mol. The lowest BCUT2D eigenvalue weighted by atomic mass is 9.77. The van der Waals surface area contributed by atoms with Gasteiger partial charge in [0.15, 0.2) is 0 Å². The van der Waals surface area contributed by atoms with Crippen LogP contribution in [0.3, 0.4) is 0 Å². The van der Waals surface area contributed by atoms with Gasteiger partial charge < -0.3 is 5.11 Å². The predicted molar refractivity (Wildman–Crippen MR) is 69.9 cm³/mol. The molecule has 1 fully saturated rings. The van der Waals surface area contributed by atoms with Crippen molar-refractivity contribution >= 4 is 11.6 Å². The molecule has 0 amide bonds. The van der Waals surface area contributed by atoms with Gasteiger partial charge in [0.05, 0.1) is 6.10 Å². The summed E-state index contributed by atoms with van der Waals surface area (Å²) in [6, 6.07) is 3.64. The van der Waals surface area contributed by atoms with Crippen LogP contribution in [0, 0.1) is 11.8 Å². The summed E-state index contributed by atoms with van der Waals surface area (Å²) in [5.74, 6) is 1.25. The molecule has 3 heteroatoms. The lowest BCUT2D eigenvalue weighted by Gasteiger charge is -2.31. The van der Waals surface area contributed by atoms with Crippen molar-refractivity contribution in [2.24, 2.45) is 11.8 Å². The van der Waals surface area contributed by atoms with Crippen LogP contribution in [-0.2, 0) is 0 Å². The van der Waals surface area contributed by atoms with Gasteiger partial charge in [0.2, 0.25) is 0 Å². The summed E-state index contributed by atoms with van der Waals surface area (Å²) in [4.78, 5) is 3.95. The fraction of sp³-hybridized carbons (Fsp3) is 0.643. The lowest BCUT2D eigenvalue weighted by molar-refractivity contribution is 0.0729.